The summed E-state index contributed by atoms with van der Waals surface area (Å²) in [6, 6.07) is 11.2. The van der Waals surface area contributed by atoms with Crippen LogP contribution in [0.1, 0.15) is 48.3 Å². The fraction of sp³-hybridized carbons (Fsp3) is 0.391. The van der Waals surface area contributed by atoms with Crippen LogP contribution in [0.4, 0.5) is 5.69 Å². The van der Waals surface area contributed by atoms with Gasteiger partial charge in [-0.1, -0.05) is 6.07 Å². The van der Waals surface area contributed by atoms with E-state index in [4.69, 9.17) is 0 Å². The molecule has 1 aromatic carbocycles. The van der Waals surface area contributed by atoms with Gasteiger partial charge in [-0.2, -0.15) is 0 Å². The molecule has 1 unspecified atom stereocenters. The van der Waals surface area contributed by atoms with Crippen LogP contribution in [0.15, 0.2) is 47.4 Å². The molecule has 5 rings (SSSR count). The molecule has 8 heteroatoms. The first-order valence-electron chi connectivity index (χ1n) is 10.6. The molecule has 160 valence electrons. The van der Waals surface area contributed by atoms with Crippen molar-refractivity contribution in [1.82, 2.24) is 14.0 Å². The van der Waals surface area contributed by atoms with Gasteiger partial charge < -0.3 is 14.0 Å². The second-order valence-electron chi connectivity index (χ2n) is 8.92. The van der Waals surface area contributed by atoms with Crippen molar-refractivity contribution in [3.8, 4) is 0 Å². The van der Waals surface area contributed by atoms with Gasteiger partial charge in [0.15, 0.2) is 0 Å². The molecule has 2 aliphatic rings. The highest BCUT2D eigenvalue weighted by atomic mass is 16.6. The van der Waals surface area contributed by atoms with Gasteiger partial charge >= 0.3 is 11.2 Å². The van der Waals surface area contributed by atoms with Crippen molar-refractivity contribution in [2.45, 2.75) is 38.8 Å². The van der Waals surface area contributed by atoms with Gasteiger partial charge in [0.1, 0.15) is 0 Å². The Bertz CT molecular complexity index is 1270. The number of nitro groups is 1. The number of hydrogen-bond acceptors (Lipinski definition) is 4. The number of benzene rings is 1. The summed E-state index contributed by atoms with van der Waals surface area (Å²) in [5, 5.41) is 12.2. The highest BCUT2D eigenvalue weighted by Crippen LogP contribution is 2.36. The molecule has 4 heterocycles. The van der Waals surface area contributed by atoms with Gasteiger partial charge in [0.2, 0.25) is 0 Å². The van der Waals surface area contributed by atoms with Crippen molar-refractivity contribution >= 4 is 22.5 Å². The van der Waals surface area contributed by atoms with Gasteiger partial charge in [-0.25, -0.2) is 0 Å². The highest BCUT2D eigenvalue weighted by molar-refractivity contribution is 5.98. The van der Waals surface area contributed by atoms with E-state index in [1.54, 1.807) is 10.6 Å². The summed E-state index contributed by atoms with van der Waals surface area (Å²) in [5.74, 6) is 0.109. The molecule has 3 aromatic rings. The van der Waals surface area contributed by atoms with Gasteiger partial charge in [-0.3, -0.25) is 19.7 Å². The molecule has 8 nitrogen and oxygen atoms in total. The predicted octanol–water partition coefficient (Wildman–Crippen LogP) is 3.55. The maximum absolute atomic E-state index is 13.4. The average Bonchev–Trinajstić information content (AvgIpc) is 3.17. The quantitative estimate of drug-likeness (QED) is 0.479. The number of nitrogens with zero attached hydrogens (tertiary/aromatic N) is 4. The summed E-state index contributed by atoms with van der Waals surface area (Å²) in [6.45, 7) is 5.70. The summed E-state index contributed by atoms with van der Waals surface area (Å²) in [4.78, 5) is 38.3. The molecule has 2 atom stereocenters. The third-order valence-corrected chi connectivity index (χ3v) is 6.59. The van der Waals surface area contributed by atoms with Crippen molar-refractivity contribution in [2.75, 3.05) is 13.1 Å². The minimum Gasteiger partial charge on any atom is -0.345 e. The van der Waals surface area contributed by atoms with E-state index in [1.165, 1.54) is 6.07 Å². The number of fused-ring (bicyclic) bond motifs is 5. The van der Waals surface area contributed by atoms with Crippen molar-refractivity contribution < 1.29 is 9.72 Å². The van der Waals surface area contributed by atoms with E-state index in [2.05, 4.69) is 24.5 Å². The minimum atomic E-state index is -0.626. The predicted molar refractivity (Wildman–Crippen MR) is 116 cm³/mol. The van der Waals surface area contributed by atoms with E-state index >= 15 is 0 Å². The number of hydrogen-bond donors (Lipinski definition) is 0. The molecular weight excluding hydrogens is 396 g/mol. The number of rotatable bonds is 3. The summed E-state index contributed by atoms with van der Waals surface area (Å²) in [7, 11) is 0. The molecule has 0 radical (unpaired) electrons. The van der Waals surface area contributed by atoms with E-state index in [-0.39, 0.29) is 17.7 Å². The number of aromatic nitrogens is 2. The Morgan fingerprint density at radius 1 is 1.13 bits per heavy atom. The summed E-state index contributed by atoms with van der Waals surface area (Å²) < 4.78 is 3.70. The second-order valence-corrected chi connectivity index (χ2v) is 8.92. The molecule has 0 aliphatic carbocycles. The lowest BCUT2D eigenvalue weighted by molar-refractivity contribution is -0.386. The largest absolute Gasteiger partial charge is 0.345 e. The van der Waals surface area contributed by atoms with E-state index in [1.807, 2.05) is 29.3 Å². The molecule has 2 aromatic heterocycles. The van der Waals surface area contributed by atoms with Crippen LogP contribution < -0.4 is 5.56 Å². The molecule has 31 heavy (non-hydrogen) atoms. The zero-order chi connectivity index (χ0) is 21.9. The Balaban J connectivity index is 1.45. The summed E-state index contributed by atoms with van der Waals surface area (Å²) >= 11 is 0. The molecule has 0 N–H and O–H groups in total. The maximum Gasteiger partial charge on any atom is 0.334 e. The number of likely N-dealkylation sites (tertiary alicyclic amines) is 1. The third-order valence-electron chi connectivity index (χ3n) is 6.59. The Labute approximate surface area is 178 Å². The van der Waals surface area contributed by atoms with Crippen LogP contribution in [-0.4, -0.2) is 38.0 Å². The minimum absolute atomic E-state index is 0.00760. The van der Waals surface area contributed by atoms with Gasteiger partial charge in [0.05, 0.1) is 4.92 Å². The Morgan fingerprint density at radius 3 is 2.68 bits per heavy atom. The Kier molecular flexibility index (Phi) is 4.46. The third kappa shape index (κ3) is 3.13. The zero-order valence-electron chi connectivity index (χ0n) is 17.5. The molecule has 1 saturated heterocycles. The van der Waals surface area contributed by atoms with Crippen LogP contribution in [0.25, 0.3) is 10.9 Å². The van der Waals surface area contributed by atoms with E-state index in [0.29, 0.717) is 31.2 Å². The zero-order valence-corrected chi connectivity index (χ0v) is 17.5. The highest BCUT2D eigenvalue weighted by Gasteiger charge is 2.37. The van der Waals surface area contributed by atoms with Gasteiger partial charge in [-0.15, -0.1) is 0 Å². The van der Waals surface area contributed by atoms with Crippen molar-refractivity contribution in [3.05, 3.63) is 74.3 Å². The van der Waals surface area contributed by atoms with Gasteiger partial charge in [0, 0.05) is 60.6 Å². The van der Waals surface area contributed by atoms with E-state index < -0.39 is 16.2 Å². The lowest BCUT2D eigenvalue weighted by atomic mass is 9.83. The van der Waals surface area contributed by atoms with Crippen LogP contribution in [0.5, 0.6) is 0 Å². The SMILES string of the molecule is CC(C)n1ccc2ccc(C(=O)N3CC4C[C@@H](C3)Cn3c4ccc([N+](=O)[O-])c3=O)cc21. The van der Waals surface area contributed by atoms with Crippen molar-refractivity contribution in [2.24, 2.45) is 5.92 Å². The van der Waals surface area contributed by atoms with Crippen LogP contribution in [0.2, 0.25) is 0 Å². The number of carbonyl (C=O) groups excluding carboxylic acids is 1. The molecule has 1 amide bonds. The maximum atomic E-state index is 13.4. The molecule has 0 spiro atoms. The Hall–Kier alpha value is -3.42. The molecule has 0 saturated carbocycles. The van der Waals surface area contributed by atoms with Crippen molar-refractivity contribution in [3.63, 3.8) is 0 Å². The topological polar surface area (TPSA) is 90.4 Å². The molecule has 1 fully saturated rings. The first-order valence-corrected chi connectivity index (χ1v) is 10.6. The van der Waals surface area contributed by atoms with Gasteiger partial charge in [0.25, 0.3) is 5.91 Å². The summed E-state index contributed by atoms with van der Waals surface area (Å²) in [5.41, 5.74) is 1.56. The number of amides is 1. The van der Waals surface area contributed by atoms with Crippen LogP contribution in [0.3, 0.4) is 0 Å². The monoisotopic (exact) mass is 420 g/mol. The first kappa shape index (κ1) is 19.5. The second kappa shape index (κ2) is 7.08. The summed E-state index contributed by atoms with van der Waals surface area (Å²) in [6.07, 6.45) is 2.93. The van der Waals surface area contributed by atoms with Crippen LogP contribution in [-0.2, 0) is 6.54 Å². The Morgan fingerprint density at radius 2 is 1.94 bits per heavy atom. The number of carbonyl (C=O) groups is 1. The molecule has 2 bridgehead atoms. The number of pyridine rings is 1. The van der Waals surface area contributed by atoms with Crippen LogP contribution >= 0.6 is 0 Å². The van der Waals surface area contributed by atoms with E-state index in [9.17, 15) is 19.7 Å². The van der Waals surface area contributed by atoms with Crippen molar-refractivity contribution in [1.29, 1.82) is 0 Å². The lowest BCUT2D eigenvalue weighted by Gasteiger charge is -2.42. The number of piperidine rings is 1. The van der Waals surface area contributed by atoms with Crippen LogP contribution in [0, 0.1) is 16.0 Å². The first-order chi connectivity index (χ1) is 14.8. The van der Waals surface area contributed by atoms with Gasteiger partial charge in [-0.05, 0) is 55.8 Å². The lowest BCUT2D eigenvalue weighted by Crippen LogP contribution is -2.49. The standard InChI is InChI=1S/C23H24N4O4/c1-14(2)25-8-7-16-3-4-17(10-21(16)25)22(28)24-11-15-9-18(13-24)19-5-6-20(27(30)31)23(29)26(19)12-15/h3-8,10,14-15,18H,9,11-13H2,1-2H3/t15-,18?/m0/s1. The van der Waals surface area contributed by atoms with E-state index in [0.717, 1.165) is 23.0 Å². The molecular formula is C23H24N4O4. The fourth-order valence-electron chi connectivity index (χ4n) is 5.15. The smallest absolute Gasteiger partial charge is 0.334 e. The fourth-order valence-corrected chi connectivity index (χ4v) is 5.15. The molecule has 2 aliphatic heterocycles. The average molecular weight is 420 g/mol. The normalized spacial score (nSPS) is 20.2.